The predicted molar refractivity (Wildman–Crippen MR) is 159 cm³/mol. The summed E-state index contributed by atoms with van der Waals surface area (Å²) in [5.41, 5.74) is -5.43. The molecule has 0 radical (unpaired) electrons. The lowest BCUT2D eigenvalue weighted by Crippen LogP contribution is -2.72. The Hall–Kier alpha value is -2.83. The van der Waals surface area contributed by atoms with Crippen LogP contribution >= 0.6 is 0 Å². The summed E-state index contributed by atoms with van der Waals surface area (Å²) in [5.74, 6) is -7.62. The van der Waals surface area contributed by atoms with Crippen LogP contribution in [-0.4, -0.2) is 82.1 Å². The van der Waals surface area contributed by atoms with Crippen LogP contribution in [0.2, 0.25) is 0 Å². The highest BCUT2D eigenvalue weighted by atomic mass is 16.6. The minimum atomic E-state index is -2.01. The molecule has 5 aliphatic carbocycles. The fourth-order valence-corrected chi connectivity index (χ4v) is 12.5. The smallest absolute Gasteiger partial charge is 0.343 e. The first-order valence-corrected chi connectivity index (χ1v) is 16.8. The number of hydrogen-bond acceptors (Lipinski definition) is 12. The number of aliphatic hydroxyl groups excluding tert-OH is 1. The number of aliphatic hydroxyl groups is 2. The molecule has 12 nitrogen and oxygen atoms in total. The number of carbonyl (C=O) groups is 5. The molecule has 0 aromatic rings. The van der Waals surface area contributed by atoms with Crippen molar-refractivity contribution in [2.45, 2.75) is 111 Å². The van der Waals surface area contributed by atoms with Crippen molar-refractivity contribution in [2.75, 3.05) is 0 Å². The Kier molecular flexibility index (Phi) is 6.87. The number of ketones is 1. The van der Waals surface area contributed by atoms with E-state index in [2.05, 4.69) is 0 Å². The summed E-state index contributed by atoms with van der Waals surface area (Å²) in [6.07, 6.45) is -2.54. The maximum absolute atomic E-state index is 14.8. The van der Waals surface area contributed by atoms with E-state index in [0.717, 1.165) is 0 Å². The number of carbonyl (C=O) groups excluding carboxylic acids is 5. The molecule has 0 aromatic carbocycles. The van der Waals surface area contributed by atoms with Crippen LogP contribution in [0, 0.1) is 63.6 Å². The Morgan fingerprint density at radius 1 is 0.851 bits per heavy atom. The van der Waals surface area contributed by atoms with E-state index < -0.39 is 123 Å². The Balaban J connectivity index is 1.49. The molecule has 258 valence electrons. The molecule has 2 heterocycles. The summed E-state index contributed by atoms with van der Waals surface area (Å²) in [7, 11) is 0. The van der Waals surface area contributed by atoms with E-state index in [1.807, 2.05) is 33.8 Å². The predicted octanol–water partition coefficient (Wildman–Crippen LogP) is 2.12. The average molecular weight is 659 g/mol. The van der Waals surface area contributed by atoms with Crippen molar-refractivity contribution in [1.29, 1.82) is 0 Å². The van der Waals surface area contributed by atoms with Gasteiger partial charge < -0.3 is 33.9 Å². The van der Waals surface area contributed by atoms with E-state index in [0.29, 0.717) is 6.42 Å². The number of Topliss-reactive ketones (excluding diaryl/α,β-unsaturated/α-hetero) is 1. The number of ether oxygens (including phenoxy) is 5. The molecular weight excluding hydrogens is 612 g/mol. The van der Waals surface area contributed by atoms with Crippen molar-refractivity contribution in [1.82, 2.24) is 0 Å². The number of rotatable bonds is 3. The van der Waals surface area contributed by atoms with Crippen LogP contribution in [0.1, 0.15) is 68.7 Å². The second-order valence-electron chi connectivity index (χ2n) is 16.2. The van der Waals surface area contributed by atoms with E-state index in [4.69, 9.17) is 23.7 Å². The van der Waals surface area contributed by atoms with Crippen molar-refractivity contribution < 1.29 is 57.9 Å². The molecule has 18 atom stereocenters. The molecule has 6 fully saturated rings. The van der Waals surface area contributed by atoms with Gasteiger partial charge in [0.25, 0.3) is 0 Å². The van der Waals surface area contributed by atoms with Crippen molar-refractivity contribution in [3.8, 4) is 0 Å². The largest absolute Gasteiger partial charge is 0.462 e. The van der Waals surface area contributed by atoms with E-state index in [9.17, 15) is 34.2 Å². The maximum Gasteiger partial charge on any atom is 0.343 e. The van der Waals surface area contributed by atoms with Gasteiger partial charge in [-0.15, -0.1) is 0 Å². The highest BCUT2D eigenvalue weighted by molar-refractivity contribution is 5.89. The molecule has 0 bridgehead atoms. The SMILES string of the molecule is CC(=O)O[C@@H]1[C@H]2[C@@H]3C(=O)[C@H](O)[C@H]4C[C@@H]5O[C@@H]5[C@H](OC(C)=O)[C@]4(C)[C@H]3[C@H](C)[C@H](OC(C)=O)[C@]2(C)[C@@H]2[C@@H]1[C@]1(C)C(=C[C@H]2C)OC(=O)[C@@]1(C)O. The third-order valence-corrected chi connectivity index (χ3v) is 14.2. The number of allylic oxidation sites excluding steroid dienone is 1. The lowest BCUT2D eigenvalue weighted by molar-refractivity contribution is -0.247. The zero-order chi connectivity index (χ0) is 34.5. The van der Waals surface area contributed by atoms with Gasteiger partial charge in [-0.2, -0.15) is 0 Å². The summed E-state index contributed by atoms with van der Waals surface area (Å²) in [4.78, 5) is 66.5. The molecule has 7 rings (SSSR count). The summed E-state index contributed by atoms with van der Waals surface area (Å²) in [5, 5.41) is 23.8. The molecule has 12 heteroatoms. The molecule has 0 spiro atoms. The molecule has 0 amide bonds. The van der Waals surface area contributed by atoms with Crippen LogP contribution < -0.4 is 0 Å². The van der Waals surface area contributed by atoms with Crippen LogP contribution in [0.3, 0.4) is 0 Å². The molecule has 2 saturated heterocycles. The Bertz CT molecular complexity index is 1500. The zero-order valence-corrected chi connectivity index (χ0v) is 28.3. The van der Waals surface area contributed by atoms with Gasteiger partial charge in [-0.3, -0.25) is 19.2 Å². The summed E-state index contributed by atoms with van der Waals surface area (Å²) in [6.45, 7) is 14.8. The van der Waals surface area contributed by atoms with Crippen molar-refractivity contribution in [3.63, 3.8) is 0 Å². The topological polar surface area (TPSA) is 175 Å². The zero-order valence-electron chi connectivity index (χ0n) is 28.3. The van der Waals surface area contributed by atoms with E-state index in [1.54, 1.807) is 6.92 Å². The lowest BCUT2D eigenvalue weighted by atomic mass is 9.39. The average Bonchev–Trinajstić information content (AvgIpc) is 3.65. The molecule has 0 aromatic heterocycles. The van der Waals surface area contributed by atoms with Gasteiger partial charge >= 0.3 is 23.9 Å². The van der Waals surface area contributed by atoms with Gasteiger partial charge in [0.2, 0.25) is 0 Å². The quantitative estimate of drug-likeness (QED) is 0.257. The summed E-state index contributed by atoms with van der Waals surface area (Å²) < 4.78 is 30.2. The molecular formula is C35H46O12. The minimum absolute atomic E-state index is 0.263. The number of epoxide rings is 1. The van der Waals surface area contributed by atoms with Crippen LogP contribution in [0.4, 0.5) is 0 Å². The highest BCUT2D eigenvalue weighted by Crippen LogP contribution is 2.76. The highest BCUT2D eigenvalue weighted by Gasteiger charge is 2.82. The van der Waals surface area contributed by atoms with Gasteiger partial charge in [-0.1, -0.05) is 27.7 Å². The van der Waals surface area contributed by atoms with Crippen LogP contribution in [-0.2, 0) is 47.7 Å². The molecule has 7 aliphatic rings. The van der Waals surface area contributed by atoms with Crippen LogP contribution in [0.25, 0.3) is 0 Å². The monoisotopic (exact) mass is 658 g/mol. The van der Waals surface area contributed by atoms with Crippen molar-refractivity contribution >= 4 is 29.7 Å². The van der Waals surface area contributed by atoms with E-state index in [-0.39, 0.29) is 17.8 Å². The molecule has 2 N–H and O–H groups in total. The van der Waals surface area contributed by atoms with Crippen LogP contribution in [0.15, 0.2) is 11.8 Å². The first kappa shape index (κ1) is 32.7. The van der Waals surface area contributed by atoms with Gasteiger partial charge in [0.15, 0.2) is 11.4 Å². The van der Waals surface area contributed by atoms with Crippen molar-refractivity contribution in [3.05, 3.63) is 11.8 Å². The summed E-state index contributed by atoms with van der Waals surface area (Å²) >= 11 is 0. The third kappa shape index (κ3) is 3.83. The van der Waals surface area contributed by atoms with Gasteiger partial charge in [-0.05, 0) is 50.0 Å². The summed E-state index contributed by atoms with van der Waals surface area (Å²) in [6, 6.07) is 0. The first-order chi connectivity index (χ1) is 21.7. The normalized spacial score (nSPS) is 55.1. The van der Waals surface area contributed by atoms with E-state index >= 15 is 0 Å². The third-order valence-electron chi connectivity index (χ3n) is 14.2. The molecule has 0 unspecified atom stereocenters. The fourth-order valence-electron chi connectivity index (χ4n) is 12.5. The molecule has 4 saturated carbocycles. The van der Waals surface area contributed by atoms with Gasteiger partial charge in [-0.25, -0.2) is 4.79 Å². The van der Waals surface area contributed by atoms with E-state index in [1.165, 1.54) is 27.7 Å². The maximum atomic E-state index is 14.8. The Morgan fingerprint density at radius 3 is 2.04 bits per heavy atom. The second-order valence-corrected chi connectivity index (χ2v) is 16.2. The number of hydrogen-bond donors (Lipinski definition) is 2. The van der Waals surface area contributed by atoms with Crippen molar-refractivity contribution in [2.24, 2.45) is 63.6 Å². The molecule has 47 heavy (non-hydrogen) atoms. The number of esters is 4. The first-order valence-electron chi connectivity index (χ1n) is 16.8. The number of fused-ring (bicyclic) bond motifs is 10. The standard InChI is InChI=1S/C35H46O12/c1-12-10-19-34(8,35(9,42)31(41)47-19)24-21(12)33(7)23(28(24)43-14(3)36)20-22(13(2)29(33)44-15(4)37)32(6)17(25(39)26(20)40)11-18-27(46-18)30(32)45-16(5)38/h10,12-13,17-18,20-25,27-30,39,42H,11H2,1-9H3/t12-,13+,17-,18+,20-,21+,22+,23-,24+,25-,27+,28-,29+,30+,32+,33-,34+,35-/m1/s1. The van der Waals surface area contributed by atoms with Gasteiger partial charge in [0, 0.05) is 55.3 Å². The lowest BCUT2D eigenvalue weighted by Gasteiger charge is -2.65. The minimum Gasteiger partial charge on any atom is -0.462 e. The van der Waals surface area contributed by atoms with Gasteiger partial charge in [0.1, 0.15) is 36.3 Å². The second kappa shape index (κ2) is 9.88. The van der Waals surface area contributed by atoms with Gasteiger partial charge in [0.05, 0.1) is 11.5 Å². The fraction of sp³-hybridized carbons (Fsp3) is 0.800. The Morgan fingerprint density at radius 2 is 1.45 bits per heavy atom. The molecule has 2 aliphatic heterocycles. The Labute approximate surface area is 273 Å². The van der Waals surface area contributed by atoms with Crippen LogP contribution in [0.5, 0.6) is 0 Å².